The standard InChI is InChI=1S/C18H22N4O/c1-4-21(5-2)17-11-15(19-12-20-17)18(23)22-13(3)10-14-8-6-7-9-16(14)22/h6-9,11-13H,4-5,10H2,1-3H3. The Hall–Kier alpha value is -2.43. The van der Waals surface area contributed by atoms with E-state index in [-0.39, 0.29) is 11.9 Å². The molecule has 1 aliphatic rings. The van der Waals surface area contributed by atoms with Crippen molar-refractivity contribution < 1.29 is 4.79 Å². The molecule has 0 spiro atoms. The number of para-hydroxylation sites is 1. The van der Waals surface area contributed by atoms with Crippen LogP contribution in [0.2, 0.25) is 0 Å². The van der Waals surface area contributed by atoms with E-state index >= 15 is 0 Å². The largest absolute Gasteiger partial charge is 0.357 e. The lowest BCUT2D eigenvalue weighted by Crippen LogP contribution is -2.36. The molecule has 5 nitrogen and oxygen atoms in total. The van der Waals surface area contributed by atoms with Gasteiger partial charge in [0.1, 0.15) is 17.8 Å². The number of hydrogen-bond donors (Lipinski definition) is 0. The first-order chi connectivity index (χ1) is 11.2. The van der Waals surface area contributed by atoms with Crippen LogP contribution < -0.4 is 9.80 Å². The fraction of sp³-hybridized carbons (Fsp3) is 0.389. The Morgan fingerprint density at radius 1 is 1.26 bits per heavy atom. The average molecular weight is 310 g/mol. The van der Waals surface area contributed by atoms with E-state index in [0.29, 0.717) is 5.69 Å². The van der Waals surface area contributed by atoms with Crippen LogP contribution in [0.5, 0.6) is 0 Å². The van der Waals surface area contributed by atoms with Gasteiger partial charge in [-0.25, -0.2) is 9.97 Å². The van der Waals surface area contributed by atoms with Crippen LogP contribution in [0.1, 0.15) is 36.8 Å². The van der Waals surface area contributed by atoms with Crippen molar-refractivity contribution in [1.82, 2.24) is 9.97 Å². The number of rotatable bonds is 4. The summed E-state index contributed by atoms with van der Waals surface area (Å²) in [6.07, 6.45) is 2.36. The van der Waals surface area contributed by atoms with E-state index in [2.05, 4.69) is 41.7 Å². The number of anilines is 2. The van der Waals surface area contributed by atoms with Crippen molar-refractivity contribution in [2.75, 3.05) is 22.9 Å². The lowest BCUT2D eigenvalue weighted by Gasteiger charge is -2.23. The van der Waals surface area contributed by atoms with Gasteiger partial charge in [-0.2, -0.15) is 0 Å². The van der Waals surface area contributed by atoms with Crippen LogP contribution in [0.4, 0.5) is 11.5 Å². The van der Waals surface area contributed by atoms with Crippen LogP contribution in [0.15, 0.2) is 36.7 Å². The van der Waals surface area contributed by atoms with Gasteiger partial charge in [0.25, 0.3) is 5.91 Å². The van der Waals surface area contributed by atoms with E-state index in [1.165, 1.54) is 11.9 Å². The number of fused-ring (bicyclic) bond motifs is 1. The highest BCUT2D eigenvalue weighted by Crippen LogP contribution is 2.32. The summed E-state index contributed by atoms with van der Waals surface area (Å²) < 4.78 is 0. The van der Waals surface area contributed by atoms with Gasteiger partial charge < -0.3 is 9.80 Å². The summed E-state index contributed by atoms with van der Waals surface area (Å²) in [5.41, 5.74) is 2.66. The van der Waals surface area contributed by atoms with Gasteiger partial charge in [0, 0.05) is 30.9 Å². The zero-order valence-corrected chi connectivity index (χ0v) is 13.9. The molecule has 1 aromatic heterocycles. The minimum Gasteiger partial charge on any atom is -0.357 e. The summed E-state index contributed by atoms with van der Waals surface area (Å²) in [5, 5.41) is 0. The highest BCUT2D eigenvalue weighted by molar-refractivity contribution is 6.06. The van der Waals surface area contributed by atoms with Crippen molar-refractivity contribution in [2.45, 2.75) is 33.2 Å². The Balaban J connectivity index is 1.93. The lowest BCUT2D eigenvalue weighted by atomic mass is 10.1. The maximum Gasteiger partial charge on any atom is 0.277 e. The molecule has 0 N–H and O–H groups in total. The summed E-state index contributed by atoms with van der Waals surface area (Å²) in [4.78, 5) is 25.5. The minimum atomic E-state index is -0.0572. The second kappa shape index (κ2) is 6.36. The van der Waals surface area contributed by atoms with Crippen molar-refractivity contribution in [3.8, 4) is 0 Å². The van der Waals surface area contributed by atoms with Crippen LogP contribution in [0.3, 0.4) is 0 Å². The van der Waals surface area contributed by atoms with Crippen LogP contribution in [0.25, 0.3) is 0 Å². The first kappa shape index (κ1) is 15.5. The molecule has 23 heavy (non-hydrogen) atoms. The Labute approximate surface area is 137 Å². The predicted molar refractivity (Wildman–Crippen MR) is 92.0 cm³/mol. The molecule has 1 amide bonds. The third-order valence-electron chi connectivity index (χ3n) is 4.39. The number of carbonyl (C=O) groups is 1. The summed E-state index contributed by atoms with van der Waals surface area (Å²) in [6.45, 7) is 7.93. The molecule has 2 aromatic rings. The zero-order chi connectivity index (χ0) is 16.4. The third kappa shape index (κ3) is 2.79. The second-order valence-electron chi connectivity index (χ2n) is 5.79. The van der Waals surface area contributed by atoms with Crippen LogP contribution in [0, 0.1) is 0 Å². The molecule has 0 fully saturated rings. The minimum absolute atomic E-state index is 0.0572. The Bertz CT molecular complexity index is 712. The first-order valence-electron chi connectivity index (χ1n) is 8.14. The molecule has 3 rings (SSSR count). The van der Waals surface area contributed by atoms with Gasteiger partial charge in [-0.1, -0.05) is 18.2 Å². The van der Waals surface area contributed by atoms with E-state index in [4.69, 9.17) is 0 Å². The van der Waals surface area contributed by atoms with E-state index in [9.17, 15) is 4.79 Å². The zero-order valence-electron chi connectivity index (χ0n) is 13.9. The molecule has 0 radical (unpaired) electrons. The smallest absolute Gasteiger partial charge is 0.277 e. The molecule has 2 heterocycles. The molecule has 0 saturated heterocycles. The van der Waals surface area contributed by atoms with Crippen LogP contribution in [-0.2, 0) is 6.42 Å². The number of nitrogens with zero attached hydrogens (tertiary/aromatic N) is 4. The van der Waals surface area contributed by atoms with E-state index in [1.807, 2.05) is 23.1 Å². The lowest BCUT2D eigenvalue weighted by molar-refractivity contribution is 0.0976. The first-order valence-corrected chi connectivity index (χ1v) is 8.14. The van der Waals surface area contributed by atoms with Gasteiger partial charge >= 0.3 is 0 Å². The quantitative estimate of drug-likeness (QED) is 0.871. The van der Waals surface area contributed by atoms with Crippen LogP contribution in [-0.4, -0.2) is 35.0 Å². The fourth-order valence-electron chi connectivity index (χ4n) is 3.18. The molecule has 1 atom stereocenters. The predicted octanol–water partition coefficient (Wildman–Crippen LogP) is 2.91. The van der Waals surface area contributed by atoms with Crippen LogP contribution >= 0.6 is 0 Å². The molecule has 0 bridgehead atoms. The highest BCUT2D eigenvalue weighted by Gasteiger charge is 2.32. The molecule has 1 unspecified atom stereocenters. The number of aromatic nitrogens is 2. The van der Waals surface area contributed by atoms with Crippen molar-refractivity contribution >= 4 is 17.4 Å². The Kier molecular flexibility index (Phi) is 4.28. The van der Waals surface area contributed by atoms with Gasteiger partial charge in [-0.15, -0.1) is 0 Å². The molecule has 5 heteroatoms. The SMILES string of the molecule is CCN(CC)c1cc(C(=O)N2c3ccccc3CC2C)ncn1. The van der Waals surface area contributed by atoms with E-state index < -0.39 is 0 Å². The average Bonchev–Trinajstić information content (AvgIpc) is 2.91. The van der Waals surface area contributed by atoms with Crippen molar-refractivity contribution in [1.29, 1.82) is 0 Å². The van der Waals surface area contributed by atoms with Crippen molar-refractivity contribution in [3.05, 3.63) is 47.9 Å². The van der Waals surface area contributed by atoms with E-state index in [1.54, 1.807) is 6.07 Å². The van der Waals surface area contributed by atoms with Gasteiger partial charge in [-0.05, 0) is 38.8 Å². The number of benzene rings is 1. The monoisotopic (exact) mass is 310 g/mol. The molecule has 1 aromatic carbocycles. The number of hydrogen-bond acceptors (Lipinski definition) is 4. The third-order valence-corrected chi connectivity index (χ3v) is 4.39. The summed E-state index contributed by atoms with van der Waals surface area (Å²) in [7, 11) is 0. The molecular formula is C18H22N4O. The maximum atomic E-state index is 13.0. The van der Waals surface area contributed by atoms with Gasteiger partial charge in [0.2, 0.25) is 0 Å². The van der Waals surface area contributed by atoms with Crippen molar-refractivity contribution in [2.24, 2.45) is 0 Å². The molecule has 0 saturated carbocycles. The van der Waals surface area contributed by atoms with Gasteiger partial charge in [0.05, 0.1) is 0 Å². The molecule has 120 valence electrons. The summed E-state index contributed by atoms with van der Waals surface area (Å²) in [5.74, 6) is 0.742. The Morgan fingerprint density at radius 2 is 2.00 bits per heavy atom. The molecular weight excluding hydrogens is 288 g/mol. The topological polar surface area (TPSA) is 49.3 Å². The fourth-order valence-corrected chi connectivity index (χ4v) is 3.18. The Morgan fingerprint density at radius 3 is 2.74 bits per heavy atom. The number of amides is 1. The van der Waals surface area contributed by atoms with E-state index in [0.717, 1.165) is 31.0 Å². The maximum absolute atomic E-state index is 13.0. The van der Waals surface area contributed by atoms with Gasteiger partial charge in [0.15, 0.2) is 0 Å². The molecule has 0 aliphatic carbocycles. The summed E-state index contributed by atoms with van der Waals surface area (Å²) >= 11 is 0. The van der Waals surface area contributed by atoms with Gasteiger partial charge in [-0.3, -0.25) is 4.79 Å². The highest BCUT2D eigenvalue weighted by atomic mass is 16.2. The second-order valence-corrected chi connectivity index (χ2v) is 5.79. The van der Waals surface area contributed by atoms with Crippen molar-refractivity contribution in [3.63, 3.8) is 0 Å². The number of carbonyl (C=O) groups excluding carboxylic acids is 1. The summed E-state index contributed by atoms with van der Waals surface area (Å²) in [6, 6.07) is 10.0. The normalized spacial score (nSPS) is 16.3. The molecule has 1 aliphatic heterocycles.